The van der Waals surface area contributed by atoms with E-state index in [0.29, 0.717) is 5.92 Å². The Balaban J connectivity index is 2.00. The lowest BCUT2D eigenvalue weighted by Crippen LogP contribution is -2.23. The summed E-state index contributed by atoms with van der Waals surface area (Å²) >= 11 is 0. The first kappa shape index (κ1) is 15.7. The molecule has 2 aromatic rings. The second-order valence-corrected chi connectivity index (χ2v) is 6.46. The van der Waals surface area contributed by atoms with Gasteiger partial charge in [0.25, 0.3) is 0 Å². The van der Waals surface area contributed by atoms with Crippen molar-refractivity contribution in [3.63, 3.8) is 0 Å². The van der Waals surface area contributed by atoms with Gasteiger partial charge in [0.05, 0.1) is 0 Å². The van der Waals surface area contributed by atoms with Gasteiger partial charge in [0.15, 0.2) is 11.5 Å². The Labute approximate surface area is 138 Å². The van der Waals surface area contributed by atoms with Crippen LogP contribution in [0.25, 0.3) is 0 Å². The molecule has 0 saturated heterocycles. The Morgan fingerprint density at radius 1 is 1.09 bits per heavy atom. The Hall–Kier alpha value is -2.16. The summed E-state index contributed by atoms with van der Waals surface area (Å²) in [6.45, 7) is 3.19. The van der Waals surface area contributed by atoms with E-state index in [0.717, 1.165) is 36.3 Å². The van der Waals surface area contributed by atoms with E-state index in [1.54, 1.807) is 12.1 Å². The molecule has 0 aliphatic carbocycles. The molecule has 23 heavy (non-hydrogen) atoms. The van der Waals surface area contributed by atoms with Crippen molar-refractivity contribution in [1.82, 2.24) is 0 Å². The zero-order chi connectivity index (χ0) is 16.2. The topological polar surface area (TPSA) is 43.7 Å². The maximum Gasteiger partial charge on any atom is 0.159 e. The van der Waals surface area contributed by atoms with Gasteiger partial charge >= 0.3 is 0 Å². The summed E-state index contributed by atoms with van der Waals surface area (Å²) in [6, 6.07) is 13.8. The average Bonchev–Trinajstić information content (AvgIpc) is 2.74. The normalized spacial score (nSPS) is 17.6. The number of para-hydroxylation sites is 1. The molecule has 0 amide bonds. The molecule has 122 valence electrons. The summed E-state index contributed by atoms with van der Waals surface area (Å²) in [4.78, 5) is 2.29. The fourth-order valence-electron chi connectivity index (χ4n) is 3.45. The van der Waals surface area contributed by atoms with Gasteiger partial charge in [0.2, 0.25) is 0 Å². The van der Waals surface area contributed by atoms with Crippen LogP contribution < -0.4 is 4.90 Å². The molecule has 1 heterocycles. The Morgan fingerprint density at radius 3 is 2.57 bits per heavy atom. The molecule has 0 aromatic heterocycles. The zero-order valence-corrected chi connectivity index (χ0v) is 13.7. The molecule has 0 spiro atoms. The lowest BCUT2D eigenvalue weighted by atomic mass is 9.95. The number of hydrogen-bond donors (Lipinski definition) is 2. The number of rotatable bonds is 4. The maximum atomic E-state index is 9.96. The first-order valence-corrected chi connectivity index (χ1v) is 8.56. The van der Waals surface area contributed by atoms with Gasteiger partial charge in [-0.25, -0.2) is 0 Å². The second kappa shape index (κ2) is 6.95. The summed E-state index contributed by atoms with van der Waals surface area (Å²) in [5.41, 5.74) is 3.27. The molecule has 2 aromatic carbocycles. The number of anilines is 2. The second-order valence-electron chi connectivity index (χ2n) is 6.46. The van der Waals surface area contributed by atoms with E-state index in [1.165, 1.54) is 19.3 Å². The first-order valence-electron chi connectivity index (χ1n) is 8.56. The van der Waals surface area contributed by atoms with E-state index in [9.17, 15) is 10.2 Å². The van der Waals surface area contributed by atoms with Gasteiger partial charge in [-0.15, -0.1) is 0 Å². The van der Waals surface area contributed by atoms with Crippen LogP contribution in [0, 0.1) is 5.92 Å². The standard InChI is InChI=1S/C20H25NO2/c1-2-3-7-15-10-11-16-12-19(22)20(23)13-18(16)21(14-15)17-8-5-4-6-9-17/h4-6,8-9,12-13,15,22-23H,2-3,7,10-11,14H2,1H3. The van der Waals surface area contributed by atoms with Gasteiger partial charge in [-0.1, -0.05) is 38.0 Å². The minimum atomic E-state index is -0.0447. The van der Waals surface area contributed by atoms with Crippen LogP contribution in [0.2, 0.25) is 0 Å². The molecule has 1 atom stereocenters. The molecule has 0 fully saturated rings. The smallest absolute Gasteiger partial charge is 0.159 e. The van der Waals surface area contributed by atoms with Crippen molar-refractivity contribution in [1.29, 1.82) is 0 Å². The highest BCUT2D eigenvalue weighted by molar-refractivity contribution is 5.70. The third kappa shape index (κ3) is 3.44. The van der Waals surface area contributed by atoms with E-state index >= 15 is 0 Å². The van der Waals surface area contributed by atoms with E-state index in [4.69, 9.17) is 0 Å². The molecule has 2 N–H and O–H groups in total. The Morgan fingerprint density at radius 2 is 1.83 bits per heavy atom. The quantitative estimate of drug-likeness (QED) is 0.782. The van der Waals surface area contributed by atoms with Crippen molar-refractivity contribution in [2.24, 2.45) is 5.92 Å². The molecule has 3 nitrogen and oxygen atoms in total. The van der Waals surface area contributed by atoms with Crippen LogP contribution in [-0.4, -0.2) is 16.8 Å². The van der Waals surface area contributed by atoms with Gasteiger partial charge in [0, 0.05) is 24.0 Å². The molecular formula is C20H25NO2. The number of nitrogens with zero attached hydrogens (tertiary/aromatic N) is 1. The van der Waals surface area contributed by atoms with Crippen molar-refractivity contribution < 1.29 is 10.2 Å². The summed E-state index contributed by atoms with van der Waals surface area (Å²) in [5.74, 6) is 0.562. The highest BCUT2D eigenvalue weighted by atomic mass is 16.3. The van der Waals surface area contributed by atoms with Crippen LogP contribution in [0.4, 0.5) is 11.4 Å². The van der Waals surface area contributed by atoms with Gasteiger partial charge in [-0.05, 0) is 48.9 Å². The van der Waals surface area contributed by atoms with Crippen molar-refractivity contribution >= 4 is 11.4 Å². The van der Waals surface area contributed by atoms with Crippen LogP contribution in [0.1, 0.15) is 38.2 Å². The van der Waals surface area contributed by atoms with Crippen LogP contribution in [-0.2, 0) is 6.42 Å². The molecule has 0 saturated carbocycles. The minimum absolute atomic E-state index is 0.0243. The zero-order valence-electron chi connectivity index (χ0n) is 13.7. The number of aromatic hydroxyl groups is 2. The number of unbranched alkanes of at least 4 members (excludes halogenated alkanes) is 1. The number of fused-ring (bicyclic) bond motifs is 1. The van der Waals surface area contributed by atoms with E-state index in [-0.39, 0.29) is 11.5 Å². The summed E-state index contributed by atoms with van der Waals surface area (Å²) in [6.07, 6.45) is 5.77. The summed E-state index contributed by atoms with van der Waals surface area (Å²) in [7, 11) is 0. The van der Waals surface area contributed by atoms with E-state index in [2.05, 4.69) is 24.0 Å². The number of phenolic OH excluding ortho intramolecular Hbond substituents is 2. The van der Waals surface area contributed by atoms with Gasteiger partial charge in [-0.2, -0.15) is 0 Å². The van der Waals surface area contributed by atoms with Crippen LogP contribution in [0.15, 0.2) is 42.5 Å². The molecule has 1 aliphatic heterocycles. The maximum absolute atomic E-state index is 9.96. The summed E-state index contributed by atoms with van der Waals surface area (Å²) in [5, 5.41) is 19.8. The fraction of sp³-hybridized carbons (Fsp3) is 0.400. The predicted octanol–water partition coefficient (Wildman–Crippen LogP) is 4.99. The minimum Gasteiger partial charge on any atom is -0.504 e. The highest BCUT2D eigenvalue weighted by Crippen LogP contribution is 2.40. The van der Waals surface area contributed by atoms with Crippen molar-refractivity contribution in [3.8, 4) is 11.5 Å². The first-order chi connectivity index (χ1) is 11.2. The summed E-state index contributed by atoms with van der Waals surface area (Å²) < 4.78 is 0. The Kier molecular flexibility index (Phi) is 4.75. The lowest BCUT2D eigenvalue weighted by Gasteiger charge is -2.28. The third-order valence-electron chi connectivity index (χ3n) is 4.76. The van der Waals surface area contributed by atoms with E-state index < -0.39 is 0 Å². The number of hydrogen-bond acceptors (Lipinski definition) is 3. The molecule has 0 radical (unpaired) electrons. The average molecular weight is 311 g/mol. The van der Waals surface area contributed by atoms with Gasteiger partial charge < -0.3 is 15.1 Å². The number of phenols is 2. The molecule has 3 heteroatoms. The predicted molar refractivity (Wildman–Crippen MR) is 94.6 cm³/mol. The molecule has 0 bridgehead atoms. The van der Waals surface area contributed by atoms with Crippen molar-refractivity contribution in [2.75, 3.05) is 11.4 Å². The SMILES string of the molecule is CCCCC1CCc2cc(O)c(O)cc2N(c2ccccc2)C1. The van der Waals surface area contributed by atoms with Crippen molar-refractivity contribution in [2.45, 2.75) is 39.0 Å². The molecule has 1 unspecified atom stereocenters. The number of benzene rings is 2. The third-order valence-corrected chi connectivity index (χ3v) is 4.76. The van der Waals surface area contributed by atoms with Gasteiger partial charge in [0.1, 0.15) is 0 Å². The van der Waals surface area contributed by atoms with Crippen LogP contribution in [0.3, 0.4) is 0 Å². The van der Waals surface area contributed by atoms with Gasteiger partial charge in [-0.3, -0.25) is 0 Å². The highest BCUT2D eigenvalue weighted by Gasteiger charge is 2.24. The lowest BCUT2D eigenvalue weighted by molar-refractivity contribution is 0.403. The monoisotopic (exact) mass is 311 g/mol. The van der Waals surface area contributed by atoms with Crippen LogP contribution >= 0.6 is 0 Å². The molecular weight excluding hydrogens is 286 g/mol. The largest absolute Gasteiger partial charge is 0.504 e. The fourth-order valence-corrected chi connectivity index (χ4v) is 3.45. The number of aryl methyl sites for hydroxylation is 1. The Bertz CT molecular complexity index is 654. The van der Waals surface area contributed by atoms with Crippen LogP contribution in [0.5, 0.6) is 11.5 Å². The molecule has 3 rings (SSSR count). The van der Waals surface area contributed by atoms with E-state index in [1.807, 2.05) is 18.2 Å². The van der Waals surface area contributed by atoms with Crippen molar-refractivity contribution in [3.05, 3.63) is 48.0 Å². The molecule has 1 aliphatic rings.